The average molecular weight is 1010 g/mol. The minimum atomic E-state index is -2.15. The molecule has 5 rings (SSSR count). The Hall–Kier alpha value is -2.06. The summed E-state index contributed by atoms with van der Waals surface area (Å²) in [7, 11) is 0. The molecule has 0 unspecified atom stereocenters. The lowest BCUT2D eigenvalue weighted by Gasteiger charge is -2.50. The number of ether oxygens (including phenoxy) is 10. The first-order valence-electron chi connectivity index (χ1n) is 22.8. The molecule has 402 valence electrons. The van der Waals surface area contributed by atoms with Crippen molar-refractivity contribution in [3.63, 3.8) is 0 Å². The molecule has 25 atom stereocenters. The molecule has 0 radical (unpaired) electrons. The second kappa shape index (κ2) is 26.8. The Morgan fingerprint density at radius 3 is 1.23 bits per heavy atom. The minimum Gasteiger partial charge on any atom is -0.394 e. The third kappa shape index (κ3) is 13.8. The number of hydrogen-bond acceptors (Lipinski definition) is 27. The van der Waals surface area contributed by atoms with Crippen molar-refractivity contribution in [3.8, 4) is 0 Å². The third-order valence-corrected chi connectivity index (χ3v) is 12.5. The largest absolute Gasteiger partial charge is 0.394 e. The molecule has 5 saturated heterocycles. The molecular weight excluding hydrogens is 938 g/mol. The first-order chi connectivity index (χ1) is 32.8. The highest BCUT2D eigenvalue weighted by Gasteiger charge is 2.57. The lowest BCUT2D eigenvalue weighted by molar-refractivity contribution is -0.387. The van der Waals surface area contributed by atoms with Crippen LogP contribution < -0.4 is 16.4 Å². The summed E-state index contributed by atoms with van der Waals surface area (Å²) in [6.45, 7) is -1.67. The lowest BCUT2D eigenvalue weighted by Crippen LogP contribution is -2.71. The number of amides is 2. The molecule has 2 amide bonds. The van der Waals surface area contributed by atoms with E-state index in [1.54, 1.807) is 0 Å². The van der Waals surface area contributed by atoms with E-state index in [1.165, 1.54) is 0 Å². The van der Waals surface area contributed by atoms with Crippen molar-refractivity contribution in [1.29, 1.82) is 0 Å². The van der Waals surface area contributed by atoms with Crippen LogP contribution in [0.15, 0.2) is 0 Å². The zero-order valence-electron chi connectivity index (χ0n) is 37.9. The Kier molecular flexibility index (Phi) is 22.4. The number of nitrogens with one attached hydrogen (secondary N) is 2. The van der Waals surface area contributed by atoms with Gasteiger partial charge in [-0.25, -0.2) is 0 Å². The molecule has 0 saturated carbocycles. The van der Waals surface area contributed by atoms with E-state index in [4.69, 9.17) is 53.1 Å². The van der Waals surface area contributed by atoms with Crippen LogP contribution in [0.1, 0.15) is 39.5 Å². The van der Waals surface area contributed by atoms with Gasteiger partial charge in [0.2, 0.25) is 11.8 Å². The van der Waals surface area contributed by atoms with Crippen molar-refractivity contribution in [2.24, 2.45) is 5.73 Å². The molecule has 69 heavy (non-hydrogen) atoms. The second-order valence-corrected chi connectivity index (χ2v) is 17.5. The van der Waals surface area contributed by atoms with Gasteiger partial charge in [0.1, 0.15) is 122 Å². The summed E-state index contributed by atoms with van der Waals surface area (Å²) in [5.74, 6) is -1.50. The molecule has 0 aromatic rings. The molecule has 29 nitrogen and oxygen atoms in total. The number of hydrogen-bond donors (Lipinski definition) is 17. The summed E-state index contributed by atoms with van der Waals surface area (Å²) in [6.07, 6.45) is -37.7. The van der Waals surface area contributed by atoms with Crippen molar-refractivity contribution < 1.29 is 128 Å². The molecule has 0 bridgehead atoms. The smallest absolute Gasteiger partial charge is 0.217 e. The zero-order valence-corrected chi connectivity index (χ0v) is 37.9. The van der Waals surface area contributed by atoms with E-state index in [-0.39, 0.29) is 6.61 Å². The first kappa shape index (κ1) is 57.8. The predicted molar refractivity (Wildman–Crippen MR) is 221 cm³/mol. The van der Waals surface area contributed by atoms with E-state index in [0.29, 0.717) is 13.0 Å². The number of nitrogens with two attached hydrogens (primary N) is 1. The maximum absolute atomic E-state index is 12.6. The van der Waals surface area contributed by atoms with E-state index in [0.717, 1.165) is 33.1 Å². The van der Waals surface area contributed by atoms with E-state index in [1.807, 2.05) is 0 Å². The van der Waals surface area contributed by atoms with Crippen LogP contribution in [0.4, 0.5) is 0 Å². The van der Waals surface area contributed by atoms with Crippen LogP contribution in [0.2, 0.25) is 0 Å². The quantitative estimate of drug-likeness (QED) is 0.0448. The Bertz CT molecular complexity index is 1560. The molecule has 18 N–H and O–H groups in total. The number of rotatable bonds is 22. The maximum atomic E-state index is 12.6. The van der Waals surface area contributed by atoms with Gasteiger partial charge in [-0.1, -0.05) is 12.8 Å². The number of aliphatic hydroxyl groups excluding tert-OH is 14. The predicted octanol–water partition coefficient (Wildman–Crippen LogP) is -10.1. The molecule has 0 aromatic heterocycles. The molecule has 5 fully saturated rings. The fourth-order valence-corrected chi connectivity index (χ4v) is 8.76. The van der Waals surface area contributed by atoms with Crippen LogP contribution in [0.3, 0.4) is 0 Å². The highest BCUT2D eigenvalue weighted by molar-refractivity contribution is 5.73. The van der Waals surface area contributed by atoms with Gasteiger partial charge in [0.25, 0.3) is 0 Å². The minimum absolute atomic E-state index is 0.149. The van der Waals surface area contributed by atoms with Gasteiger partial charge in [0.05, 0.1) is 33.0 Å². The Morgan fingerprint density at radius 2 is 0.783 bits per heavy atom. The summed E-state index contributed by atoms with van der Waals surface area (Å²) >= 11 is 0. The van der Waals surface area contributed by atoms with Crippen LogP contribution in [0, 0.1) is 0 Å². The Morgan fingerprint density at radius 1 is 0.420 bits per heavy atom. The van der Waals surface area contributed by atoms with Gasteiger partial charge in [-0.3, -0.25) is 9.59 Å². The van der Waals surface area contributed by atoms with Crippen LogP contribution >= 0.6 is 0 Å². The third-order valence-electron chi connectivity index (χ3n) is 12.5. The fourth-order valence-electron chi connectivity index (χ4n) is 8.76. The molecule has 29 heteroatoms. The van der Waals surface area contributed by atoms with Gasteiger partial charge in [-0.15, -0.1) is 0 Å². The highest BCUT2D eigenvalue weighted by Crippen LogP contribution is 2.36. The average Bonchev–Trinajstić information content (AvgIpc) is 3.32. The van der Waals surface area contributed by atoms with Gasteiger partial charge >= 0.3 is 0 Å². The molecule has 0 aliphatic carbocycles. The van der Waals surface area contributed by atoms with Crippen molar-refractivity contribution in [3.05, 3.63) is 0 Å². The number of aliphatic hydroxyl groups is 14. The van der Waals surface area contributed by atoms with Crippen LogP contribution in [0.5, 0.6) is 0 Å². The lowest BCUT2D eigenvalue weighted by atomic mass is 9.93. The van der Waals surface area contributed by atoms with E-state index >= 15 is 0 Å². The SMILES string of the molecule is CC(=O)N[C@H]1[C@@H](O[C@H]2[C@@H](O)[C@@H](CO)O[C@@H](O[C@@H]3[C@H](O)[C@@H](O)[C@@H](O[C@@H]4[C@H](O)[C@@H](O)[C@H](O[C@H]5[C@H](O)[C@@H](O)[C@H](OCCCCCCN)O[C@@H]5CO)O[C@@H]4CO)O[C@@H]3CO)[C@@H]2NC(C)=O)O[C@H](CO)[C@H](O)[C@@H]1O. The van der Waals surface area contributed by atoms with Crippen LogP contribution in [-0.2, 0) is 57.0 Å². The summed E-state index contributed by atoms with van der Waals surface area (Å²) in [5.41, 5.74) is 5.51. The molecular formula is C40H71N3O26. The van der Waals surface area contributed by atoms with E-state index in [9.17, 15) is 81.1 Å². The van der Waals surface area contributed by atoms with Gasteiger partial charge in [0.15, 0.2) is 31.5 Å². The van der Waals surface area contributed by atoms with Crippen LogP contribution in [-0.4, -0.2) is 283 Å². The van der Waals surface area contributed by atoms with Gasteiger partial charge in [-0.05, 0) is 19.4 Å². The van der Waals surface area contributed by atoms with Crippen molar-refractivity contribution in [2.75, 3.05) is 46.2 Å². The van der Waals surface area contributed by atoms with Crippen molar-refractivity contribution >= 4 is 11.8 Å². The number of carbonyl (C=O) groups excluding carboxylic acids is 2. The standard InChI is InChI=1S/C40H71N3O26/c1-14(49)42-21-25(53)23(51)16(9-44)61-36(21)69-35-22(43-15(2)50)37(62-17(10-45)24(35)52)66-32-19(12-47)64-39(30(58)27(32)55)68-34-20(13-48)65-40(31(59)28(34)56)67-33-18(11-46)63-38(29(57)26(33)54)60-8-6-4-3-5-7-41/h16-40,44-48,51-59H,3-13,41H2,1-2H3,(H,42,49)(H,43,50)/t16-,17-,18-,19-,20-,21-,22-,23+,24+,25-,26-,27-,28-,29-,30-,31-,32+,33-,34+,35-,36-,37+,38-,39-,40+/m1/s1. The van der Waals surface area contributed by atoms with Crippen molar-refractivity contribution in [2.45, 2.75) is 193 Å². The molecule has 5 heterocycles. The monoisotopic (exact) mass is 1010 g/mol. The number of carbonyl (C=O) groups is 2. The molecule has 5 aliphatic rings. The van der Waals surface area contributed by atoms with Gasteiger partial charge in [0, 0.05) is 20.5 Å². The first-order valence-corrected chi connectivity index (χ1v) is 22.8. The number of unbranched alkanes of at least 4 members (excludes halogenated alkanes) is 3. The van der Waals surface area contributed by atoms with Gasteiger partial charge in [-0.2, -0.15) is 0 Å². The van der Waals surface area contributed by atoms with E-state index in [2.05, 4.69) is 10.6 Å². The zero-order chi connectivity index (χ0) is 50.9. The van der Waals surface area contributed by atoms with Crippen molar-refractivity contribution in [1.82, 2.24) is 10.6 Å². The van der Waals surface area contributed by atoms with Crippen LogP contribution in [0.25, 0.3) is 0 Å². The maximum Gasteiger partial charge on any atom is 0.217 e. The normalized spacial score (nSPS) is 45.2. The van der Waals surface area contributed by atoms with E-state index < -0.39 is 198 Å². The summed E-state index contributed by atoms with van der Waals surface area (Å²) in [4.78, 5) is 24.7. The Balaban J connectivity index is 1.28. The molecule has 5 aliphatic heterocycles. The highest BCUT2D eigenvalue weighted by atomic mass is 16.8. The second-order valence-electron chi connectivity index (χ2n) is 17.5. The topological polar surface area (TPSA) is 460 Å². The summed E-state index contributed by atoms with van der Waals surface area (Å²) in [5, 5.41) is 155. The summed E-state index contributed by atoms with van der Waals surface area (Å²) < 4.78 is 57.6. The van der Waals surface area contributed by atoms with Gasteiger partial charge < -0.3 is 135 Å². The summed E-state index contributed by atoms with van der Waals surface area (Å²) in [6, 6.07) is -3.17. The molecule has 0 spiro atoms. The fraction of sp³-hybridized carbons (Fsp3) is 0.950. The Labute approximate surface area is 395 Å². The molecule has 0 aromatic carbocycles.